The van der Waals surface area contributed by atoms with Crippen molar-refractivity contribution in [2.45, 2.75) is 13.5 Å². The maximum Gasteiger partial charge on any atom is 0.246 e. The Hall–Kier alpha value is -2.66. The molecule has 0 saturated carbocycles. The lowest BCUT2D eigenvalue weighted by Gasteiger charge is -2.21. The van der Waals surface area contributed by atoms with Crippen molar-refractivity contribution in [1.82, 2.24) is 10.1 Å². The second-order valence-electron chi connectivity index (χ2n) is 5.36. The third-order valence-electron chi connectivity index (χ3n) is 3.60. The van der Waals surface area contributed by atoms with Gasteiger partial charge in [-0.25, -0.2) is 0 Å². The molecule has 0 bridgehead atoms. The van der Waals surface area contributed by atoms with E-state index >= 15 is 0 Å². The zero-order valence-electron chi connectivity index (χ0n) is 13.0. The molecule has 5 heteroatoms. The molecule has 23 heavy (non-hydrogen) atoms. The molecule has 0 aliphatic carbocycles. The van der Waals surface area contributed by atoms with E-state index in [4.69, 9.17) is 4.52 Å². The van der Waals surface area contributed by atoms with Gasteiger partial charge in [-0.15, -0.1) is 0 Å². The summed E-state index contributed by atoms with van der Waals surface area (Å²) >= 11 is 0. The van der Waals surface area contributed by atoms with Crippen LogP contribution in [0.25, 0.3) is 11.4 Å². The van der Waals surface area contributed by atoms with E-state index in [0.717, 1.165) is 11.3 Å². The Balaban J connectivity index is 1.78. The Kier molecular flexibility index (Phi) is 4.68. The van der Waals surface area contributed by atoms with E-state index in [0.29, 0.717) is 24.8 Å². The van der Waals surface area contributed by atoms with Crippen molar-refractivity contribution in [3.63, 3.8) is 0 Å². The van der Waals surface area contributed by atoms with Gasteiger partial charge in [0.05, 0.1) is 13.2 Å². The second kappa shape index (κ2) is 7.07. The van der Waals surface area contributed by atoms with Gasteiger partial charge in [0.25, 0.3) is 0 Å². The van der Waals surface area contributed by atoms with Crippen LogP contribution in [0.5, 0.6) is 0 Å². The average Bonchev–Trinajstić information content (AvgIpc) is 3.04. The molecule has 0 aliphatic rings. The van der Waals surface area contributed by atoms with E-state index in [1.807, 2.05) is 66.4 Å². The number of aromatic nitrogens is 2. The number of para-hydroxylation sites is 1. The average molecular weight is 309 g/mol. The molecule has 0 atom stereocenters. The molecule has 1 aromatic heterocycles. The van der Waals surface area contributed by atoms with Crippen LogP contribution < -0.4 is 4.90 Å². The summed E-state index contributed by atoms with van der Waals surface area (Å²) < 4.78 is 5.36. The van der Waals surface area contributed by atoms with E-state index in [1.54, 1.807) is 0 Å². The van der Waals surface area contributed by atoms with Crippen molar-refractivity contribution in [2.75, 3.05) is 18.1 Å². The van der Waals surface area contributed by atoms with E-state index < -0.39 is 0 Å². The molecule has 0 aliphatic heterocycles. The van der Waals surface area contributed by atoms with Gasteiger partial charge in [0.2, 0.25) is 11.7 Å². The number of hydrogen-bond acceptors (Lipinski definition) is 5. The highest BCUT2D eigenvalue weighted by Crippen LogP contribution is 2.19. The fourth-order valence-corrected chi connectivity index (χ4v) is 2.36. The quantitative estimate of drug-likeness (QED) is 0.758. The summed E-state index contributed by atoms with van der Waals surface area (Å²) in [5.41, 5.74) is 3.13. The van der Waals surface area contributed by atoms with Crippen LogP contribution in [0.1, 0.15) is 11.5 Å². The summed E-state index contributed by atoms with van der Waals surface area (Å²) in [7, 11) is 0. The lowest BCUT2D eigenvalue weighted by atomic mass is 10.1. The highest BCUT2D eigenvalue weighted by atomic mass is 16.5. The van der Waals surface area contributed by atoms with Crippen LogP contribution in [-0.2, 0) is 6.54 Å². The van der Waals surface area contributed by atoms with Gasteiger partial charge in [0.15, 0.2) is 0 Å². The molecule has 118 valence electrons. The molecule has 1 N–H and O–H groups in total. The summed E-state index contributed by atoms with van der Waals surface area (Å²) in [6, 6.07) is 17.9. The highest BCUT2D eigenvalue weighted by Gasteiger charge is 2.13. The van der Waals surface area contributed by atoms with E-state index in [1.165, 1.54) is 5.56 Å². The van der Waals surface area contributed by atoms with Crippen LogP contribution >= 0.6 is 0 Å². The van der Waals surface area contributed by atoms with Gasteiger partial charge in [-0.1, -0.05) is 53.2 Å². The van der Waals surface area contributed by atoms with Crippen molar-refractivity contribution in [3.05, 3.63) is 66.1 Å². The molecular formula is C18H19N3O2. The zero-order chi connectivity index (χ0) is 16.1. The van der Waals surface area contributed by atoms with Crippen LogP contribution in [0.15, 0.2) is 59.1 Å². The van der Waals surface area contributed by atoms with Gasteiger partial charge in [-0.3, -0.25) is 0 Å². The van der Waals surface area contributed by atoms with Gasteiger partial charge in [-0.2, -0.15) is 4.98 Å². The van der Waals surface area contributed by atoms with Crippen molar-refractivity contribution >= 4 is 5.69 Å². The van der Waals surface area contributed by atoms with Gasteiger partial charge >= 0.3 is 0 Å². The van der Waals surface area contributed by atoms with Crippen molar-refractivity contribution in [1.29, 1.82) is 0 Å². The minimum atomic E-state index is 0.0633. The molecule has 0 saturated heterocycles. The van der Waals surface area contributed by atoms with Crippen LogP contribution in [0.2, 0.25) is 0 Å². The molecule has 1 heterocycles. The predicted molar refractivity (Wildman–Crippen MR) is 89.0 cm³/mol. The molecule has 0 amide bonds. The fourth-order valence-electron chi connectivity index (χ4n) is 2.36. The normalized spacial score (nSPS) is 10.7. The third kappa shape index (κ3) is 3.76. The standard InChI is InChI=1S/C18H19N3O2/c1-14-7-9-15(10-8-14)18-19-17(23-20-18)13-21(11-12-22)16-5-3-2-4-6-16/h2-10,22H,11-13H2,1H3. The number of aryl methyl sites for hydroxylation is 1. The fraction of sp³-hybridized carbons (Fsp3) is 0.222. The zero-order valence-corrected chi connectivity index (χ0v) is 13.0. The number of hydrogen-bond donors (Lipinski definition) is 1. The van der Waals surface area contributed by atoms with Gasteiger partial charge in [0.1, 0.15) is 0 Å². The van der Waals surface area contributed by atoms with E-state index in [2.05, 4.69) is 10.1 Å². The Morgan fingerprint density at radius 1 is 1.04 bits per heavy atom. The number of nitrogens with zero attached hydrogens (tertiary/aromatic N) is 3. The molecule has 0 fully saturated rings. The van der Waals surface area contributed by atoms with E-state index in [9.17, 15) is 5.11 Å². The lowest BCUT2D eigenvalue weighted by Crippen LogP contribution is -2.26. The first kappa shape index (κ1) is 15.2. The third-order valence-corrected chi connectivity index (χ3v) is 3.60. The van der Waals surface area contributed by atoms with E-state index in [-0.39, 0.29) is 6.61 Å². The number of anilines is 1. The molecule has 0 radical (unpaired) electrons. The smallest absolute Gasteiger partial charge is 0.246 e. The number of aliphatic hydroxyl groups is 1. The predicted octanol–water partition coefficient (Wildman–Crippen LogP) is 3.04. The Bertz CT molecular complexity index is 738. The minimum absolute atomic E-state index is 0.0633. The topological polar surface area (TPSA) is 62.4 Å². The summed E-state index contributed by atoms with van der Waals surface area (Å²) in [6.07, 6.45) is 0. The number of benzene rings is 2. The van der Waals surface area contributed by atoms with Crippen LogP contribution in [0.3, 0.4) is 0 Å². The molecule has 0 spiro atoms. The summed E-state index contributed by atoms with van der Waals surface area (Å²) in [6.45, 7) is 3.07. The van der Waals surface area contributed by atoms with Crippen molar-refractivity contribution < 1.29 is 9.63 Å². The first-order valence-electron chi connectivity index (χ1n) is 7.57. The van der Waals surface area contributed by atoms with Crippen molar-refractivity contribution in [3.8, 4) is 11.4 Å². The molecule has 0 unspecified atom stereocenters. The molecule has 3 aromatic rings. The second-order valence-corrected chi connectivity index (χ2v) is 5.36. The minimum Gasteiger partial charge on any atom is -0.395 e. The van der Waals surface area contributed by atoms with Crippen LogP contribution in [0.4, 0.5) is 5.69 Å². The Morgan fingerprint density at radius 2 is 1.78 bits per heavy atom. The first-order chi connectivity index (χ1) is 11.3. The largest absolute Gasteiger partial charge is 0.395 e. The van der Waals surface area contributed by atoms with Gasteiger partial charge < -0.3 is 14.5 Å². The van der Waals surface area contributed by atoms with Gasteiger partial charge in [-0.05, 0) is 19.1 Å². The molecule has 2 aromatic carbocycles. The highest BCUT2D eigenvalue weighted by molar-refractivity contribution is 5.54. The van der Waals surface area contributed by atoms with Crippen LogP contribution in [-0.4, -0.2) is 28.4 Å². The number of rotatable bonds is 6. The SMILES string of the molecule is Cc1ccc(-c2noc(CN(CCO)c3ccccc3)n2)cc1. The van der Waals surface area contributed by atoms with Gasteiger partial charge in [0, 0.05) is 17.8 Å². The summed E-state index contributed by atoms with van der Waals surface area (Å²) in [5.74, 6) is 1.11. The number of aliphatic hydroxyl groups excluding tert-OH is 1. The monoisotopic (exact) mass is 309 g/mol. The maximum atomic E-state index is 9.28. The molecular weight excluding hydrogens is 290 g/mol. The Morgan fingerprint density at radius 3 is 2.48 bits per heavy atom. The summed E-state index contributed by atoms with van der Waals surface area (Å²) in [4.78, 5) is 6.46. The Labute approximate surface area is 135 Å². The maximum absolute atomic E-state index is 9.28. The summed E-state index contributed by atoms with van der Waals surface area (Å²) in [5, 5.41) is 13.3. The van der Waals surface area contributed by atoms with Crippen molar-refractivity contribution in [2.24, 2.45) is 0 Å². The lowest BCUT2D eigenvalue weighted by molar-refractivity contribution is 0.298. The molecule has 3 rings (SSSR count). The molecule has 5 nitrogen and oxygen atoms in total. The first-order valence-corrected chi connectivity index (χ1v) is 7.57. The van der Waals surface area contributed by atoms with Crippen LogP contribution in [0, 0.1) is 6.92 Å².